The average Bonchev–Trinajstić information content (AvgIpc) is 3.26. The fraction of sp³-hybridized carbons (Fsp3) is 0.333. The van der Waals surface area contributed by atoms with E-state index < -0.39 is 18.0 Å². The fourth-order valence-corrected chi connectivity index (χ4v) is 2.78. The Labute approximate surface area is 156 Å². The highest BCUT2D eigenvalue weighted by Gasteiger charge is 2.38. The first-order valence-electron chi connectivity index (χ1n) is 8.56. The molecule has 0 bridgehead atoms. The quantitative estimate of drug-likeness (QED) is 0.658. The number of amides is 4. The van der Waals surface area contributed by atoms with Crippen LogP contribution in [0, 0.1) is 0 Å². The summed E-state index contributed by atoms with van der Waals surface area (Å²) < 4.78 is 6.78. The molecule has 0 spiro atoms. The maximum Gasteiger partial charge on any atom is 0.325 e. The lowest BCUT2D eigenvalue weighted by Crippen LogP contribution is -2.37. The molecular weight excluding hydrogens is 350 g/mol. The van der Waals surface area contributed by atoms with Crippen molar-refractivity contribution in [3.8, 4) is 5.75 Å². The van der Waals surface area contributed by atoms with E-state index in [1.54, 1.807) is 54.5 Å². The van der Waals surface area contributed by atoms with Crippen LogP contribution in [-0.2, 0) is 22.7 Å². The molecule has 1 aromatic carbocycles. The van der Waals surface area contributed by atoms with E-state index in [1.807, 2.05) is 0 Å². The number of benzene rings is 1. The number of ether oxygens (including phenoxy) is 1. The van der Waals surface area contributed by atoms with Crippen LogP contribution >= 0.6 is 0 Å². The molecule has 1 atom stereocenters. The average molecular weight is 371 g/mol. The van der Waals surface area contributed by atoms with E-state index in [0.29, 0.717) is 18.8 Å². The minimum Gasteiger partial charge on any atom is -0.497 e. The van der Waals surface area contributed by atoms with Gasteiger partial charge in [-0.3, -0.25) is 19.2 Å². The number of urea groups is 1. The van der Waals surface area contributed by atoms with Crippen LogP contribution in [0.5, 0.6) is 5.75 Å². The SMILES string of the molecule is COc1ccc(CN2C(=O)N[C@@H](CC(=O)NCCn3cccn3)C2=O)cc1. The van der Waals surface area contributed by atoms with Crippen LogP contribution in [0.3, 0.4) is 0 Å². The summed E-state index contributed by atoms with van der Waals surface area (Å²) in [6, 6.07) is 7.55. The van der Waals surface area contributed by atoms with Gasteiger partial charge in [0, 0.05) is 18.9 Å². The van der Waals surface area contributed by atoms with Gasteiger partial charge in [0.15, 0.2) is 0 Å². The van der Waals surface area contributed by atoms with Crippen molar-refractivity contribution in [1.82, 2.24) is 25.3 Å². The molecule has 2 N–H and O–H groups in total. The van der Waals surface area contributed by atoms with Crippen LogP contribution in [0.15, 0.2) is 42.7 Å². The zero-order chi connectivity index (χ0) is 19.2. The zero-order valence-corrected chi connectivity index (χ0v) is 14.9. The van der Waals surface area contributed by atoms with Gasteiger partial charge in [0.1, 0.15) is 11.8 Å². The molecule has 0 unspecified atom stereocenters. The van der Waals surface area contributed by atoms with Gasteiger partial charge in [-0.1, -0.05) is 12.1 Å². The summed E-state index contributed by atoms with van der Waals surface area (Å²) >= 11 is 0. The van der Waals surface area contributed by atoms with Gasteiger partial charge in [-0.2, -0.15) is 5.10 Å². The summed E-state index contributed by atoms with van der Waals surface area (Å²) in [5.74, 6) is -0.00856. The van der Waals surface area contributed by atoms with Crippen molar-refractivity contribution in [2.45, 2.75) is 25.6 Å². The van der Waals surface area contributed by atoms with Crippen molar-refractivity contribution in [2.24, 2.45) is 0 Å². The minimum absolute atomic E-state index is 0.0945. The number of nitrogens with zero attached hydrogens (tertiary/aromatic N) is 3. The summed E-state index contributed by atoms with van der Waals surface area (Å²) in [5.41, 5.74) is 0.795. The number of methoxy groups -OCH3 is 1. The lowest BCUT2D eigenvalue weighted by atomic mass is 10.1. The second-order valence-corrected chi connectivity index (χ2v) is 6.10. The first-order chi connectivity index (χ1) is 13.1. The zero-order valence-electron chi connectivity index (χ0n) is 14.9. The van der Waals surface area contributed by atoms with Crippen molar-refractivity contribution in [1.29, 1.82) is 0 Å². The Bertz CT molecular complexity index is 804. The van der Waals surface area contributed by atoms with E-state index >= 15 is 0 Å². The van der Waals surface area contributed by atoms with Gasteiger partial charge in [0.25, 0.3) is 5.91 Å². The minimum atomic E-state index is -0.847. The Balaban J connectivity index is 1.49. The van der Waals surface area contributed by atoms with Crippen molar-refractivity contribution < 1.29 is 19.1 Å². The standard InChI is InChI=1S/C18H21N5O4/c1-27-14-5-3-13(4-6-14)12-23-17(25)15(21-18(23)26)11-16(24)19-8-10-22-9-2-7-20-22/h2-7,9,15H,8,10-12H2,1H3,(H,19,24)(H,21,26)/t15-/m0/s1. The molecule has 9 heteroatoms. The first kappa shape index (κ1) is 18.4. The third kappa shape index (κ3) is 4.63. The number of hydrogen-bond donors (Lipinski definition) is 2. The van der Waals surface area contributed by atoms with Crippen LogP contribution in [-0.4, -0.2) is 52.2 Å². The van der Waals surface area contributed by atoms with Gasteiger partial charge in [-0.05, 0) is 23.8 Å². The number of carbonyl (C=O) groups excluding carboxylic acids is 3. The van der Waals surface area contributed by atoms with Gasteiger partial charge < -0.3 is 15.4 Å². The molecule has 0 radical (unpaired) electrons. The summed E-state index contributed by atoms with van der Waals surface area (Å²) in [6.45, 7) is 1.07. The molecule has 0 saturated carbocycles. The van der Waals surface area contributed by atoms with Crippen molar-refractivity contribution in [3.05, 3.63) is 48.3 Å². The van der Waals surface area contributed by atoms with Crippen molar-refractivity contribution >= 4 is 17.8 Å². The van der Waals surface area contributed by atoms with E-state index in [1.165, 1.54) is 0 Å². The predicted octanol–water partition coefficient (Wildman–Crippen LogP) is 0.519. The van der Waals surface area contributed by atoms with Gasteiger partial charge in [0.05, 0.1) is 26.6 Å². The van der Waals surface area contributed by atoms with Gasteiger partial charge in [-0.25, -0.2) is 4.79 Å². The molecule has 27 heavy (non-hydrogen) atoms. The Morgan fingerprint density at radius 3 is 2.74 bits per heavy atom. The highest BCUT2D eigenvalue weighted by Crippen LogP contribution is 2.16. The third-order valence-corrected chi connectivity index (χ3v) is 4.22. The van der Waals surface area contributed by atoms with Crippen LogP contribution in [0.25, 0.3) is 0 Å². The van der Waals surface area contributed by atoms with Gasteiger partial charge in [0.2, 0.25) is 5.91 Å². The normalized spacial score (nSPS) is 16.3. The molecule has 9 nitrogen and oxygen atoms in total. The smallest absolute Gasteiger partial charge is 0.325 e. The number of hydrogen-bond acceptors (Lipinski definition) is 5. The Kier molecular flexibility index (Phi) is 5.70. The molecule has 1 fully saturated rings. The molecule has 1 saturated heterocycles. The molecule has 2 heterocycles. The monoisotopic (exact) mass is 371 g/mol. The number of aromatic nitrogens is 2. The lowest BCUT2D eigenvalue weighted by molar-refractivity contribution is -0.131. The van der Waals surface area contributed by atoms with E-state index in [4.69, 9.17) is 4.74 Å². The van der Waals surface area contributed by atoms with Crippen LogP contribution < -0.4 is 15.4 Å². The highest BCUT2D eigenvalue weighted by molar-refractivity contribution is 6.05. The van der Waals surface area contributed by atoms with E-state index in [-0.39, 0.29) is 18.9 Å². The number of carbonyl (C=O) groups is 3. The molecule has 2 aromatic rings. The third-order valence-electron chi connectivity index (χ3n) is 4.22. The molecular formula is C18H21N5O4. The van der Waals surface area contributed by atoms with Crippen LogP contribution in [0.1, 0.15) is 12.0 Å². The number of imide groups is 1. The van der Waals surface area contributed by atoms with Gasteiger partial charge in [-0.15, -0.1) is 0 Å². The Morgan fingerprint density at radius 2 is 2.07 bits per heavy atom. The Morgan fingerprint density at radius 1 is 1.30 bits per heavy atom. The van der Waals surface area contributed by atoms with Crippen molar-refractivity contribution in [3.63, 3.8) is 0 Å². The van der Waals surface area contributed by atoms with Crippen LogP contribution in [0.4, 0.5) is 4.79 Å². The first-order valence-corrected chi connectivity index (χ1v) is 8.56. The molecule has 1 aliphatic rings. The van der Waals surface area contributed by atoms with Crippen molar-refractivity contribution in [2.75, 3.05) is 13.7 Å². The van der Waals surface area contributed by atoms with E-state index in [9.17, 15) is 14.4 Å². The topological polar surface area (TPSA) is 106 Å². The molecule has 0 aliphatic carbocycles. The number of rotatable bonds is 8. The number of nitrogens with one attached hydrogen (secondary N) is 2. The van der Waals surface area contributed by atoms with Gasteiger partial charge >= 0.3 is 6.03 Å². The molecule has 3 rings (SSSR count). The van der Waals surface area contributed by atoms with Crippen LogP contribution in [0.2, 0.25) is 0 Å². The molecule has 142 valence electrons. The lowest BCUT2D eigenvalue weighted by Gasteiger charge is -2.13. The Hall–Kier alpha value is -3.36. The predicted molar refractivity (Wildman–Crippen MR) is 95.7 cm³/mol. The summed E-state index contributed by atoms with van der Waals surface area (Å²) in [5, 5.41) is 9.33. The highest BCUT2D eigenvalue weighted by atomic mass is 16.5. The maximum atomic E-state index is 12.5. The van der Waals surface area contributed by atoms with E-state index in [2.05, 4.69) is 15.7 Å². The molecule has 1 aliphatic heterocycles. The second kappa shape index (κ2) is 8.35. The largest absolute Gasteiger partial charge is 0.497 e. The second-order valence-electron chi connectivity index (χ2n) is 6.10. The summed E-state index contributed by atoms with van der Waals surface area (Å²) in [6.07, 6.45) is 3.36. The molecule has 4 amide bonds. The summed E-state index contributed by atoms with van der Waals surface area (Å²) in [4.78, 5) is 37.7. The maximum absolute atomic E-state index is 12.5. The summed E-state index contributed by atoms with van der Waals surface area (Å²) in [7, 11) is 1.57. The fourth-order valence-electron chi connectivity index (χ4n) is 2.78. The molecule has 1 aromatic heterocycles. The van der Waals surface area contributed by atoms with E-state index in [0.717, 1.165) is 10.5 Å².